The zero-order chi connectivity index (χ0) is 9.10. The molecule has 0 aromatic carbocycles. The molecule has 1 fully saturated rings. The van der Waals surface area contributed by atoms with Crippen molar-refractivity contribution < 1.29 is 9.47 Å². The van der Waals surface area contributed by atoms with Crippen LogP contribution in [0, 0.1) is 5.92 Å². The molecule has 0 saturated heterocycles. The number of hydrogen-bond acceptors (Lipinski definition) is 3. The Morgan fingerprint density at radius 2 is 2.15 bits per heavy atom. The minimum atomic E-state index is 0.605. The third-order valence-corrected chi connectivity index (χ3v) is 2.07. The van der Waals surface area contributed by atoms with Crippen molar-refractivity contribution in [2.45, 2.75) is 12.8 Å². The second kappa shape index (κ2) is 3.64. The number of hydrogen-bond donors (Lipinski definition) is 0. The first-order valence-corrected chi connectivity index (χ1v) is 4.52. The van der Waals surface area contributed by atoms with Crippen LogP contribution in [0.5, 0.6) is 11.8 Å². The minimum absolute atomic E-state index is 0.605. The van der Waals surface area contributed by atoms with E-state index in [9.17, 15) is 0 Å². The molecule has 70 valence electrons. The van der Waals surface area contributed by atoms with Gasteiger partial charge in [-0.2, -0.15) is 4.98 Å². The summed E-state index contributed by atoms with van der Waals surface area (Å²) in [4.78, 5) is 4.15. The van der Waals surface area contributed by atoms with Crippen molar-refractivity contribution in [2.24, 2.45) is 5.92 Å². The molecule has 0 atom stereocenters. The fraction of sp³-hybridized carbons (Fsp3) is 0.500. The van der Waals surface area contributed by atoms with Gasteiger partial charge in [0.05, 0.1) is 13.7 Å². The predicted molar refractivity (Wildman–Crippen MR) is 49.0 cm³/mol. The summed E-state index contributed by atoms with van der Waals surface area (Å²) in [6.07, 6.45) is 2.59. The van der Waals surface area contributed by atoms with E-state index in [4.69, 9.17) is 9.47 Å². The number of nitrogens with zero attached hydrogens (tertiary/aromatic N) is 1. The Kier molecular flexibility index (Phi) is 2.34. The Hall–Kier alpha value is -1.25. The van der Waals surface area contributed by atoms with Crippen LogP contribution >= 0.6 is 0 Å². The molecule has 0 aliphatic heterocycles. The topological polar surface area (TPSA) is 31.4 Å². The van der Waals surface area contributed by atoms with E-state index >= 15 is 0 Å². The highest BCUT2D eigenvalue weighted by Crippen LogP contribution is 2.29. The molecule has 0 unspecified atom stereocenters. The van der Waals surface area contributed by atoms with E-state index < -0.39 is 0 Å². The fourth-order valence-corrected chi connectivity index (χ4v) is 1.08. The van der Waals surface area contributed by atoms with Gasteiger partial charge in [0, 0.05) is 12.1 Å². The summed E-state index contributed by atoms with van der Waals surface area (Å²) >= 11 is 0. The largest absolute Gasteiger partial charge is 0.481 e. The molecule has 0 N–H and O–H groups in total. The van der Waals surface area contributed by atoms with Gasteiger partial charge in [-0.25, -0.2) is 0 Å². The highest BCUT2D eigenvalue weighted by molar-refractivity contribution is 5.19. The number of methoxy groups -OCH3 is 1. The zero-order valence-corrected chi connectivity index (χ0v) is 7.69. The summed E-state index contributed by atoms with van der Waals surface area (Å²) in [6.45, 7) is 0.792. The van der Waals surface area contributed by atoms with Crippen molar-refractivity contribution in [1.29, 1.82) is 0 Å². The SMILES string of the molecule is COc1cccc(OCC2CC2)n1. The molecule has 0 radical (unpaired) electrons. The van der Waals surface area contributed by atoms with Crippen LogP contribution in [0.25, 0.3) is 0 Å². The molecule has 0 spiro atoms. The molecule has 1 aliphatic rings. The first-order valence-electron chi connectivity index (χ1n) is 4.52. The van der Waals surface area contributed by atoms with Crippen LogP contribution in [0.4, 0.5) is 0 Å². The lowest BCUT2D eigenvalue weighted by atomic mass is 10.4. The van der Waals surface area contributed by atoms with Gasteiger partial charge in [0.2, 0.25) is 11.8 Å². The second-order valence-electron chi connectivity index (χ2n) is 3.27. The van der Waals surface area contributed by atoms with Crippen molar-refractivity contribution in [3.63, 3.8) is 0 Å². The highest BCUT2D eigenvalue weighted by Gasteiger charge is 2.22. The van der Waals surface area contributed by atoms with Crippen LogP contribution in [-0.2, 0) is 0 Å². The van der Waals surface area contributed by atoms with Gasteiger partial charge in [-0.15, -0.1) is 0 Å². The second-order valence-corrected chi connectivity index (χ2v) is 3.27. The molecule has 1 aliphatic carbocycles. The van der Waals surface area contributed by atoms with E-state index in [1.54, 1.807) is 7.11 Å². The van der Waals surface area contributed by atoms with Crippen molar-refractivity contribution in [3.8, 4) is 11.8 Å². The van der Waals surface area contributed by atoms with Gasteiger partial charge in [0.15, 0.2) is 0 Å². The minimum Gasteiger partial charge on any atom is -0.481 e. The molecule has 1 aromatic heterocycles. The third kappa shape index (κ3) is 2.34. The Bertz CT molecular complexity index is 284. The van der Waals surface area contributed by atoms with Gasteiger partial charge in [0.25, 0.3) is 0 Å². The van der Waals surface area contributed by atoms with E-state index in [1.165, 1.54) is 12.8 Å². The lowest BCUT2D eigenvalue weighted by Crippen LogP contribution is -2.01. The van der Waals surface area contributed by atoms with Gasteiger partial charge >= 0.3 is 0 Å². The summed E-state index contributed by atoms with van der Waals surface area (Å²) in [7, 11) is 1.60. The maximum atomic E-state index is 5.48. The van der Waals surface area contributed by atoms with Crippen molar-refractivity contribution in [1.82, 2.24) is 4.98 Å². The van der Waals surface area contributed by atoms with Crippen LogP contribution in [0.3, 0.4) is 0 Å². The van der Waals surface area contributed by atoms with E-state index in [-0.39, 0.29) is 0 Å². The molecule has 3 nitrogen and oxygen atoms in total. The maximum absolute atomic E-state index is 5.48. The Balaban J connectivity index is 1.93. The van der Waals surface area contributed by atoms with Crippen molar-refractivity contribution in [2.75, 3.05) is 13.7 Å². The molecule has 0 amide bonds. The van der Waals surface area contributed by atoms with Crippen LogP contribution < -0.4 is 9.47 Å². The normalized spacial score (nSPS) is 15.5. The predicted octanol–water partition coefficient (Wildman–Crippen LogP) is 1.88. The van der Waals surface area contributed by atoms with Crippen molar-refractivity contribution >= 4 is 0 Å². The van der Waals surface area contributed by atoms with Gasteiger partial charge in [-0.1, -0.05) is 6.07 Å². The van der Waals surface area contributed by atoms with Gasteiger partial charge < -0.3 is 9.47 Å². The van der Waals surface area contributed by atoms with E-state index in [2.05, 4.69) is 4.98 Å². The zero-order valence-electron chi connectivity index (χ0n) is 7.69. The smallest absolute Gasteiger partial charge is 0.216 e. The van der Waals surface area contributed by atoms with E-state index in [0.29, 0.717) is 11.8 Å². The van der Waals surface area contributed by atoms with Crippen LogP contribution in [0.1, 0.15) is 12.8 Å². The summed E-state index contributed by atoms with van der Waals surface area (Å²) in [6, 6.07) is 5.54. The lowest BCUT2D eigenvalue weighted by Gasteiger charge is -2.04. The molecule has 1 aromatic rings. The van der Waals surface area contributed by atoms with E-state index in [1.807, 2.05) is 18.2 Å². The summed E-state index contributed by atoms with van der Waals surface area (Å²) < 4.78 is 10.5. The monoisotopic (exact) mass is 179 g/mol. The average Bonchev–Trinajstić information content (AvgIpc) is 2.99. The van der Waals surface area contributed by atoms with Gasteiger partial charge in [-0.05, 0) is 18.8 Å². The first kappa shape index (κ1) is 8.35. The standard InChI is InChI=1S/C10H13NO2/c1-12-9-3-2-4-10(11-9)13-7-8-5-6-8/h2-4,8H,5-7H2,1H3. The Morgan fingerprint density at radius 1 is 1.38 bits per heavy atom. The van der Waals surface area contributed by atoms with Gasteiger partial charge in [0.1, 0.15) is 0 Å². The maximum Gasteiger partial charge on any atom is 0.216 e. The number of pyridine rings is 1. The van der Waals surface area contributed by atoms with E-state index in [0.717, 1.165) is 12.5 Å². The summed E-state index contributed by atoms with van der Waals surface area (Å²) in [5.41, 5.74) is 0. The number of rotatable bonds is 4. The Morgan fingerprint density at radius 3 is 2.85 bits per heavy atom. The molecular formula is C10H13NO2. The van der Waals surface area contributed by atoms with Crippen LogP contribution in [0.2, 0.25) is 0 Å². The van der Waals surface area contributed by atoms with Gasteiger partial charge in [-0.3, -0.25) is 0 Å². The first-order chi connectivity index (χ1) is 6.38. The molecular weight excluding hydrogens is 166 g/mol. The summed E-state index contributed by atoms with van der Waals surface area (Å²) in [5, 5.41) is 0. The van der Waals surface area contributed by atoms with Crippen LogP contribution in [-0.4, -0.2) is 18.7 Å². The quantitative estimate of drug-likeness (QED) is 0.707. The summed E-state index contributed by atoms with van der Waals surface area (Å²) in [5.74, 6) is 2.02. The molecule has 2 rings (SSSR count). The lowest BCUT2D eigenvalue weighted by molar-refractivity contribution is 0.282. The van der Waals surface area contributed by atoms with Crippen LogP contribution in [0.15, 0.2) is 18.2 Å². The number of aromatic nitrogens is 1. The molecule has 3 heteroatoms. The highest BCUT2D eigenvalue weighted by atomic mass is 16.5. The number of ether oxygens (including phenoxy) is 2. The van der Waals surface area contributed by atoms with Crippen molar-refractivity contribution in [3.05, 3.63) is 18.2 Å². The fourth-order valence-electron chi connectivity index (χ4n) is 1.08. The molecule has 1 saturated carbocycles. The molecule has 1 heterocycles. The Labute approximate surface area is 77.7 Å². The molecule has 0 bridgehead atoms. The molecule has 13 heavy (non-hydrogen) atoms. The average molecular weight is 179 g/mol. The third-order valence-electron chi connectivity index (χ3n) is 2.07.